The predicted octanol–water partition coefficient (Wildman–Crippen LogP) is 7.58. The van der Waals surface area contributed by atoms with Crippen molar-refractivity contribution in [3.8, 4) is 5.75 Å². The average Bonchev–Trinajstić information content (AvgIpc) is 2.71. The number of aryl methyl sites for hydroxylation is 1. The molecule has 0 saturated heterocycles. The maximum atomic E-state index is 12.3. The average molecular weight is 449 g/mol. The molecule has 3 aromatic rings. The van der Waals surface area contributed by atoms with Gasteiger partial charge >= 0.3 is 6.16 Å². The summed E-state index contributed by atoms with van der Waals surface area (Å²) in [6.45, 7) is 11.8. The molecule has 3 aromatic carbocycles. The molecule has 0 spiro atoms. The van der Waals surface area contributed by atoms with Gasteiger partial charge in [0, 0.05) is 11.6 Å². The van der Waals surface area contributed by atoms with Crippen LogP contribution >= 0.6 is 0 Å². The lowest BCUT2D eigenvalue weighted by Gasteiger charge is -2.24. The summed E-state index contributed by atoms with van der Waals surface area (Å²) in [6, 6.07) is 21.2. The van der Waals surface area contributed by atoms with Crippen molar-refractivity contribution in [2.24, 2.45) is 0 Å². The van der Waals surface area contributed by atoms with Crippen LogP contribution in [0.5, 0.6) is 5.75 Å². The fourth-order valence-corrected chi connectivity index (χ4v) is 6.42. The molecule has 1 aliphatic heterocycles. The van der Waals surface area contributed by atoms with Crippen LogP contribution in [0.2, 0.25) is 0 Å². The molecule has 0 bridgehead atoms. The molecule has 1 aliphatic rings. The Bertz CT molecular complexity index is 1120. The summed E-state index contributed by atoms with van der Waals surface area (Å²) in [5.74, 6) is 0.806. The van der Waals surface area contributed by atoms with Crippen molar-refractivity contribution in [3.63, 3.8) is 0 Å². The van der Waals surface area contributed by atoms with Crippen LogP contribution in [-0.4, -0.2) is 11.8 Å². The molecule has 0 radical (unpaired) electrons. The molecule has 1 heterocycles. The quantitative estimate of drug-likeness (QED) is 0.199. The molecule has 4 rings (SSSR count). The van der Waals surface area contributed by atoms with E-state index in [1.807, 2.05) is 33.8 Å². The van der Waals surface area contributed by atoms with Crippen LogP contribution in [0.15, 0.2) is 75.4 Å². The number of carbonyl (C=O) groups excluding carboxylic acids is 1. The summed E-state index contributed by atoms with van der Waals surface area (Å²) in [4.78, 5) is 16.1. The zero-order valence-electron chi connectivity index (χ0n) is 19.5. The van der Waals surface area contributed by atoms with Gasteiger partial charge in [-0.1, -0.05) is 38.1 Å². The summed E-state index contributed by atoms with van der Waals surface area (Å²) in [7, 11) is -0.271. The van der Waals surface area contributed by atoms with Crippen molar-refractivity contribution >= 4 is 28.4 Å². The number of hydrogen-bond acceptors (Lipinski definition) is 4. The number of carbonyl (C=O) groups is 1. The van der Waals surface area contributed by atoms with Crippen LogP contribution in [-0.2, 0) is 15.6 Å². The standard InChI is InChI=1S/C27H30NO3S/c1-17(2)19-16-22(30-26(29)31-27(4,5)6)18(3)15-25(19)32-23-13-9-7-11-20(23)28-21-12-8-10-14-24(21)32/h7-17,28H,1-6H3/q+1. The topological polar surface area (TPSA) is 47.6 Å². The monoisotopic (exact) mass is 448 g/mol. The predicted molar refractivity (Wildman–Crippen MR) is 130 cm³/mol. The number of rotatable bonds is 3. The number of para-hydroxylation sites is 2. The Morgan fingerprint density at radius 2 is 1.47 bits per heavy atom. The molecular formula is C27H30NO3S+. The van der Waals surface area contributed by atoms with Crippen LogP contribution in [0.4, 0.5) is 16.2 Å². The van der Waals surface area contributed by atoms with E-state index in [4.69, 9.17) is 9.47 Å². The summed E-state index contributed by atoms with van der Waals surface area (Å²) in [5.41, 5.74) is 3.75. The highest BCUT2D eigenvalue weighted by atomic mass is 32.2. The molecular weight excluding hydrogens is 418 g/mol. The van der Waals surface area contributed by atoms with E-state index in [2.05, 4.69) is 73.8 Å². The Hall–Kier alpha value is -2.92. The number of ether oxygens (including phenoxy) is 2. The van der Waals surface area contributed by atoms with E-state index in [-0.39, 0.29) is 16.8 Å². The second-order valence-electron chi connectivity index (χ2n) is 9.30. The minimum absolute atomic E-state index is 0.258. The first-order chi connectivity index (χ1) is 15.1. The van der Waals surface area contributed by atoms with Gasteiger partial charge in [0.25, 0.3) is 0 Å². The van der Waals surface area contributed by atoms with E-state index in [9.17, 15) is 4.79 Å². The third-order valence-corrected chi connectivity index (χ3v) is 7.60. The van der Waals surface area contributed by atoms with Gasteiger partial charge < -0.3 is 14.8 Å². The number of fused-ring (bicyclic) bond motifs is 2. The first kappa shape index (κ1) is 22.3. The van der Waals surface area contributed by atoms with E-state index in [1.165, 1.54) is 20.2 Å². The van der Waals surface area contributed by atoms with Crippen LogP contribution in [0.1, 0.15) is 51.7 Å². The van der Waals surface area contributed by atoms with E-state index in [1.54, 1.807) is 0 Å². The van der Waals surface area contributed by atoms with Crippen LogP contribution in [0, 0.1) is 6.92 Å². The zero-order chi connectivity index (χ0) is 23.0. The van der Waals surface area contributed by atoms with Crippen LogP contribution in [0.25, 0.3) is 0 Å². The van der Waals surface area contributed by atoms with Crippen molar-refractivity contribution in [2.75, 3.05) is 5.32 Å². The second kappa shape index (κ2) is 8.55. The number of hydrogen-bond donors (Lipinski definition) is 1. The lowest BCUT2D eigenvalue weighted by molar-refractivity contribution is 0.0204. The fourth-order valence-electron chi connectivity index (χ4n) is 3.77. The molecule has 32 heavy (non-hydrogen) atoms. The number of anilines is 2. The van der Waals surface area contributed by atoms with Gasteiger partial charge in [0.15, 0.2) is 14.7 Å². The van der Waals surface area contributed by atoms with E-state index >= 15 is 0 Å². The van der Waals surface area contributed by atoms with Gasteiger partial charge in [0.05, 0.1) is 11.4 Å². The Morgan fingerprint density at radius 1 is 0.906 bits per heavy atom. The second-order valence-corrected chi connectivity index (χ2v) is 11.2. The SMILES string of the molecule is Cc1cc([S+]2c3ccccc3Nc3ccccc32)c(C(C)C)cc1OC(=O)OC(C)(C)C. The minimum atomic E-state index is -0.678. The van der Waals surface area contributed by atoms with Gasteiger partial charge in [-0.2, -0.15) is 0 Å². The highest BCUT2D eigenvalue weighted by Crippen LogP contribution is 2.47. The maximum Gasteiger partial charge on any atom is 0.514 e. The van der Waals surface area contributed by atoms with Crippen LogP contribution in [0.3, 0.4) is 0 Å². The van der Waals surface area contributed by atoms with Crippen molar-refractivity contribution < 1.29 is 14.3 Å². The molecule has 0 amide bonds. The largest absolute Gasteiger partial charge is 0.514 e. The molecule has 4 nitrogen and oxygen atoms in total. The lowest BCUT2D eigenvalue weighted by Crippen LogP contribution is -2.26. The first-order valence-electron chi connectivity index (χ1n) is 10.9. The fraction of sp³-hybridized carbons (Fsp3) is 0.296. The molecule has 5 heteroatoms. The number of nitrogens with one attached hydrogen (secondary N) is 1. The van der Waals surface area contributed by atoms with E-state index < -0.39 is 11.8 Å². The lowest BCUT2D eigenvalue weighted by atomic mass is 10.0. The summed E-state index contributed by atoms with van der Waals surface area (Å²) in [5, 5.41) is 3.58. The molecule has 166 valence electrons. The zero-order valence-corrected chi connectivity index (χ0v) is 20.3. The van der Waals surface area contributed by atoms with Gasteiger partial charge in [0.1, 0.15) is 22.2 Å². The number of benzene rings is 3. The molecule has 0 aliphatic carbocycles. The van der Waals surface area contributed by atoms with E-state index in [0.29, 0.717) is 5.75 Å². The first-order valence-corrected chi connectivity index (χ1v) is 12.1. The normalized spacial score (nSPS) is 13.2. The van der Waals surface area contributed by atoms with Crippen LogP contribution < -0.4 is 10.1 Å². The van der Waals surface area contributed by atoms with Crippen molar-refractivity contribution in [1.29, 1.82) is 0 Å². The Labute approximate surface area is 193 Å². The Balaban J connectivity index is 1.83. The van der Waals surface area contributed by atoms with Gasteiger partial charge in [0.2, 0.25) is 0 Å². The molecule has 0 unspecified atom stereocenters. The van der Waals surface area contributed by atoms with Crippen molar-refractivity contribution in [1.82, 2.24) is 0 Å². The molecule has 0 fully saturated rings. The summed E-state index contributed by atoms with van der Waals surface area (Å²) >= 11 is 0. The third kappa shape index (κ3) is 4.49. The van der Waals surface area contributed by atoms with Gasteiger partial charge in [-0.25, -0.2) is 4.79 Å². The highest BCUT2D eigenvalue weighted by molar-refractivity contribution is 7.97. The summed E-state index contributed by atoms with van der Waals surface area (Å²) in [6.07, 6.45) is -0.678. The molecule has 0 atom stereocenters. The smallest absolute Gasteiger partial charge is 0.428 e. The molecule has 0 aromatic heterocycles. The maximum absolute atomic E-state index is 12.3. The van der Waals surface area contributed by atoms with Gasteiger partial charge in [-0.15, -0.1) is 0 Å². The van der Waals surface area contributed by atoms with Gasteiger partial charge in [-0.05, 0) is 69.5 Å². The Kier molecular flexibility index (Phi) is 5.95. The third-order valence-electron chi connectivity index (χ3n) is 5.22. The molecule has 1 N–H and O–H groups in total. The highest BCUT2D eigenvalue weighted by Gasteiger charge is 2.40. The van der Waals surface area contributed by atoms with E-state index in [0.717, 1.165) is 16.9 Å². The summed E-state index contributed by atoms with van der Waals surface area (Å²) < 4.78 is 11.0. The van der Waals surface area contributed by atoms with Crippen molar-refractivity contribution in [2.45, 2.75) is 67.7 Å². The molecule has 0 saturated carbocycles. The minimum Gasteiger partial charge on any atom is -0.428 e. The Morgan fingerprint density at radius 3 is 2.00 bits per heavy atom. The van der Waals surface area contributed by atoms with Gasteiger partial charge in [-0.3, -0.25) is 0 Å². The van der Waals surface area contributed by atoms with Crippen molar-refractivity contribution in [3.05, 3.63) is 71.8 Å².